The van der Waals surface area contributed by atoms with Gasteiger partial charge in [0.05, 0.1) is 6.61 Å². The van der Waals surface area contributed by atoms with Gasteiger partial charge in [-0.3, -0.25) is 0 Å². The second kappa shape index (κ2) is 5.51. The Kier molecular flexibility index (Phi) is 4.60. The van der Waals surface area contributed by atoms with E-state index < -0.39 is 0 Å². The van der Waals surface area contributed by atoms with Gasteiger partial charge in [-0.15, -0.1) is 0 Å². The lowest BCUT2D eigenvalue weighted by molar-refractivity contribution is 0.345. The van der Waals surface area contributed by atoms with Crippen LogP contribution in [0.1, 0.15) is 12.5 Å². The van der Waals surface area contributed by atoms with Crippen molar-refractivity contribution in [1.29, 1.82) is 0 Å². The zero-order valence-electron chi connectivity index (χ0n) is 7.52. The highest BCUT2D eigenvalue weighted by atomic mass is 79.9. The van der Waals surface area contributed by atoms with E-state index in [1.54, 1.807) is 0 Å². The van der Waals surface area contributed by atoms with Crippen molar-refractivity contribution in [3.63, 3.8) is 0 Å². The molecule has 0 N–H and O–H groups in total. The van der Waals surface area contributed by atoms with E-state index in [0.29, 0.717) is 6.61 Å². The zero-order chi connectivity index (χ0) is 9.68. The average molecular weight is 264 g/mol. The van der Waals surface area contributed by atoms with Gasteiger partial charge in [0, 0.05) is 10.4 Å². The molecule has 0 saturated carbocycles. The highest BCUT2D eigenvalue weighted by molar-refractivity contribution is 9.09. The summed E-state index contributed by atoms with van der Waals surface area (Å²) < 4.78 is 5.45. The third-order valence-electron chi connectivity index (χ3n) is 1.74. The molecule has 3 heteroatoms. The molecule has 1 aromatic rings. The number of rotatable bonds is 4. The lowest BCUT2D eigenvalue weighted by Crippen LogP contribution is -1.98. The number of hydrogen-bond donors (Lipinski definition) is 0. The molecule has 0 saturated heterocycles. The molecule has 13 heavy (non-hydrogen) atoms. The van der Waals surface area contributed by atoms with Gasteiger partial charge < -0.3 is 4.74 Å². The van der Waals surface area contributed by atoms with Crippen LogP contribution in [0.5, 0.6) is 5.75 Å². The highest BCUT2D eigenvalue weighted by Crippen LogP contribution is 2.22. The van der Waals surface area contributed by atoms with Gasteiger partial charge in [-0.25, -0.2) is 0 Å². The van der Waals surface area contributed by atoms with Gasteiger partial charge in [0.15, 0.2) is 0 Å². The summed E-state index contributed by atoms with van der Waals surface area (Å²) in [6.07, 6.45) is 0.935. The summed E-state index contributed by atoms with van der Waals surface area (Å²) >= 11 is 9.27. The predicted molar refractivity (Wildman–Crippen MR) is 60.1 cm³/mol. The van der Waals surface area contributed by atoms with Crippen molar-refractivity contribution in [2.24, 2.45) is 0 Å². The molecule has 1 nitrogen and oxygen atoms in total. The Labute approximate surface area is 92.2 Å². The summed E-state index contributed by atoms with van der Waals surface area (Å²) in [5.74, 6) is 0.890. The normalized spacial score (nSPS) is 10.1. The van der Waals surface area contributed by atoms with Crippen LogP contribution in [0, 0.1) is 0 Å². The SMILES string of the molecule is CCc1cc(OCCBr)ccc1Cl. The van der Waals surface area contributed by atoms with Gasteiger partial charge in [-0.05, 0) is 30.2 Å². The summed E-state index contributed by atoms with van der Waals surface area (Å²) in [5.41, 5.74) is 1.13. The Morgan fingerprint density at radius 2 is 2.23 bits per heavy atom. The molecular formula is C10H12BrClO. The fourth-order valence-corrected chi connectivity index (χ4v) is 1.48. The van der Waals surface area contributed by atoms with Gasteiger partial charge in [0.1, 0.15) is 5.75 Å². The topological polar surface area (TPSA) is 9.23 Å². The monoisotopic (exact) mass is 262 g/mol. The fraction of sp³-hybridized carbons (Fsp3) is 0.400. The van der Waals surface area contributed by atoms with E-state index in [1.807, 2.05) is 18.2 Å². The lowest BCUT2D eigenvalue weighted by Gasteiger charge is -2.06. The number of alkyl halides is 1. The van der Waals surface area contributed by atoms with Crippen LogP contribution >= 0.6 is 27.5 Å². The van der Waals surface area contributed by atoms with E-state index in [-0.39, 0.29) is 0 Å². The third kappa shape index (κ3) is 3.20. The number of hydrogen-bond acceptors (Lipinski definition) is 1. The van der Waals surface area contributed by atoms with Crippen LogP contribution in [0.2, 0.25) is 5.02 Å². The van der Waals surface area contributed by atoms with Crippen LogP contribution < -0.4 is 4.74 Å². The fourth-order valence-electron chi connectivity index (χ4n) is 1.07. The molecule has 0 aliphatic rings. The minimum Gasteiger partial charge on any atom is -0.493 e. The average Bonchev–Trinajstić information content (AvgIpc) is 2.16. The minimum atomic E-state index is 0.685. The first-order chi connectivity index (χ1) is 6.27. The van der Waals surface area contributed by atoms with E-state index in [0.717, 1.165) is 28.1 Å². The van der Waals surface area contributed by atoms with E-state index in [4.69, 9.17) is 16.3 Å². The molecule has 0 bridgehead atoms. The summed E-state index contributed by atoms with van der Waals surface area (Å²) in [7, 11) is 0. The van der Waals surface area contributed by atoms with Crippen molar-refractivity contribution >= 4 is 27.5 Å². The van der Waals surface area contributed by atoms with Crippen LogP contribution in [-0.4, -0.2) is 11.9 Å². The van der Waals surface area contributed by atoms with E-state index >= 15 is 0 Å². The number of ether oxygens (including phenoxy) is 1. The van der Waals surface area contributed by atoms with Crippen LogP contribution in [0.15, 0.2) is 18.2 Å². The molecule has 0 fully saturated rings. The minimum absolute atomic E-state index is 0.685. The second-order valence-electron chi connectivity index (χ2n) is 2.64. The van der Waals surface area contributed by atoms with Crippen molar-refractivity contribution in [3.05, 3.63) is 28.8 Å². The van der Waals surface area contributed by atoms with E-state index in [1.165, 1.54) is 0 Å². The third-order valence-corrected chi connectivity index (χ3v) is 2.44. The summed E-state index contributed by atoms with van der Waals surface area (Å²) in [6.45, 7) is 2.76. The molecule has 1 aromatic carbocycles. The molecule has 0 aromatic heterocycles. The zero-order valence-corrected chi connectivity index (χ0v) is 9.86. The molecule has 0 aliphatic carbocycles. The van der Waals surface area contributed by atoms with Gasteiger partial charge in [-0.1, -0.05) is 34.5 Å². The summed E-state index contributed by atoms with van der Waals surface area (Å²) in [4.78, 5) is 0. The molecule has 1 rings (SSSR count). The Hall–Kier alpha value is -0.210. The molecule has 72 valence electrons. The van der Waals surface area contributed by atoms with Crippen LogP contribution in [-0.2, 0) is 6.42 Å². The predicted octanol–water partition coefficient (Wildman–Crippen LogP) is 3.68. The van der Waals surface area contributed by atoms with Crippen LogP contribution in [0.4, 0.5) is 0 Å². The highest BCUT2D eigenvalue weighted by Gasteiger charge is 2.00. The Morgan fingerprint density at radius 3 is 2.85 bits per heavy atom. The second-order valence-corrected chi connectivity index (χ2v) is 3.84. The first kappa shape index (κ1) is 10.9. The summed E-state index contributed by atoms with van der Waals surface area (Å²) in [6, 6.07) is 5.76. The van der Waals surface area contributed by atoms with E-state index in [9.17, 15) is 0 Å². The van der Waals surface area contributed by atoms with Crippen molar-refractivity contribution in [1.82, 2.24) is 0 Å². The number of benzene rings is 1. The number of halogens is 2. The maximum absolute atomic E-state index is 5.97. The maximum atomic E-state index is 5.97. The van der Waals surface area contributed by atoms with Crippen LogP contribution in [0.25, 0.3) is 0 Å². The smallest absolute Gasteiger partial charge is 0.119 e. The first-order valence-corrected chi connectivity index (χ1v) is 5.75. The quantitative estimate of drug-likeness (QED) is 0.753. The van der Waals surface area contributed by atoms with Gasteiger partial charge in [0.25, 0.3) is 0 Å². The van der Waals surface area contributed by atoms with Gasteiger partial charge >= 0.3 is 0 Å². The molecular weight excluding hydrogens is 251 g/mol. The Bertz CT molecular complexity index is 276. The Morgan fingerprint density at radius 1 is 1.46 bits per heavy atom. The first-order valence-electron chi connectivity index (χ1n) is 4.25. The molecule has 0 amide bonds. The molecule has 0 radical (unpaired) electrons. The molecule has 0 spiro atoms. The van der Waals surface area contributed by atoms with Crippen molar-refractivity contribution in [2.75, 3.05) is 11.9 Å². The maximum Gasteiger partial charge on any atom is 0.119 e. The molecule has 0 unspecified atom stereocenters. The standard InChI is InChI=1S/C10H12BrClO/c1-2-8-7-9(13-6-5-11)3-4-10(8)12/h3-4,7H,2,5-6H2,1H3. The van der Waals surface area contributed by atoms with Crippen molar-refractivity contribution < 1.29 is 4.74 Å². The molecule has 0 atom stereocenters. The van der Waals surface area contributed by atoms with Crippen molar-refractivity contribution in [2.45, 2.75) is 13.3 Å². The van der Waals surface area contributed by atoms with Gasteiger partial charge in [0.2, 0.25) is 0 Å². The Balaban J connectivity index is 2.74. The summed E-state index contributed by atoms with van der Waals surface area (Å²) in [5, 5.41) is 1.66. The largest absolute Gasteiger partial charge is 0.493 e. The van der Waals surface area contributed by atoms with Crippen molar-refractivity contribution in [3.8, 4) is 5.75 Å². The number of aryl methyl sites for hydroxylation is 1. The lowest BCUT2D eigenvalue weighted by atomic mass is 10.1. The van der Waals surface area contributed by atoms with Crippen LogP contribution in [0.3, 0.4) is 0 Å². The van der Waals surface area contributed by atoms with E-state index in [2.05, 4.69) is 22.9 Å². The van der Waals surface area contributed by atoms with Gasteiger partial charge in [-0.2, -0.15) is 0 Å². The molecule has 0 aliphatic heterocycles. The molecule has 0 heterocycles.